The Labute approximate surface area is 145 Å². The quantitative estimate of drug-likeness (QED) is 0.507. The molecule has 1 aliphatic heterocycles. The van der Waals surface area contributed by atoms with E-state index in [1.807, 2.05) is 0 Å². The van der Waals surface area contributed by atoms with E-state index in [0.717, 1.165) is 9.91 Å². The summed E-state index contributed by atoms with van der Waals surface area (Å²) < 4.78 is 0. The SMILES string of the molecule is CON=C(C)C1(N(O)C(=O)N(C)C)C(=O)N(c2ccccc2)N=C1C. The second-order valence-corrected chi connectivity index (χ2v) is 5.70. The Hall–Kier alpha value is -2.94. The molecule has 0 aromatic heterocycles. The van der Waals surface area contributed by atoms with Crippen molar-refractivity contribution in [2.75, 3.05) is 26.2 Å². The third kappa shape index (κ3) is 2.82. The fourth-order valence-corrected chi connectivity index (χ4v) is 2.67. The van der Waals surface area contributed by atoms with E-state index in [1.165, 1.54) is 28.1 Å². The molecule has 1 aromatic rings. The van der Waals surface area contributed by atoms with Gasteiger partial charge in [-0.3, -0.25) is 10.0 Å². The van der Waals surface area contributed by atoms with Crippen molar-refractivity contribution in [2.45, 2.75) is 19.4 Å². The van der Waals surface area contributed by atoms with Gasteiger partial charge in [0.15, 0.2) is 0 Å². The van der Waals surface area contributed by atoms with Gasteiger partial charge in [0.25, 0.3) is 5.91 Å². The largest absolute Gasteiger partial charge is 0.399 e. The molecule has 9 nitrogen and oxygen atoms in total. The summed E-state index contributed by atoms with van der Waals surface area (Å²) in [4.78, 5) is 31.5. The molecular weight excluding hydrogens is 326 g/mol. The fourth-order valence-electron chi connectivity index (χ4n) is 2.67. The minimum Gasteiger partial charge on any atom is -0.399 e. The lowest BCUT2D eigenvalue weighted by molar-refractivity contribution is -0.138. The number of benzene rings is 1. The number of hydrogen-bond acceptors (Lipinski definition) is 6. The molecule has 3 amide bonds. The highest BCUT2D eigenvalue weighted by Crippen LogP contribution is 2.32. The first-order valence-corrected chi connectivity index (χ1v) is 7.52. The number of amides is 3. The molecule has 134 valence electrons. The van der Waals surface area contributed by atoms with Crippen molar-refractivity contribution in [1.29, 1.82) is 0 Å². The van der Waals surface area contributed by atoms with E-state index in [4.69, 9.17) is 4.84 Å². The number of carbonyl (C=O) groups is 2. The van der Waals surface area contributed by atoms with Crippen LogP contribution in [-0.2, 0) is 9.63 Å². The first-order valence-electron chi connectivity index (χ1n) is 7.52. The van der Waals surface area contributed by atoms with Crippen molar-refractivity contribution in [3.05, 3.63) is 30.3 Å². The molecule has 0 saturated carbocycles. The highest BCUT2D eigenvalue weighted by molar-refractivity contribution is 6.37. The standard InChI is InChI=1S/C16H21N5O4/c1-11-16(12(2)18-25-5,21(24)15(23)19(3)4)14(22)20(17-11)13-9-7-6-8-10-13/h6-10,24H,1-5H3. The predicted molar refractivity (Wildman–Crippen MR) is 92.6 cm³/mol. The number of hydrogen-bond donors (Lipinski definition) is 1. The van der Waals surface area contributed by atoms with Gasteiger partial charge in [-0.2, -0.15) is 15.2 Å². The van der Waals surface area contributed by atoms with Crippen LogP contribution in [0.5, 0.6) is 0 Å². The van der Waals surface area contributed by atoms with E-state index in [9.17, 15) is 14.8 Å². The van der Waals surface area contributed by atoms with Gasteiger partial charge in [-0.05, 0) is 26.0 Å². The number of urea groups is 1. The van der Waals surface area contributed by atoms with Gasteiger partial charge in [0, 0.05) is 14.1 Å². The lowest BCUT2D eigenvalue weighted by atomic mass is 9.88. The Morgan fingerprint density at radius 1 is 1.32 bits per heavy atom. The zero-order valence-electron chi connectivity index (χ0n) is 14.8. The van der Waals surface area contributed by atoms with Crippen molar-refractivity contribution >= 4 is 29.0 Å². The average Bonchev–Trinajstić information content (AvgIpc) is 2.86. The average molecular weight is 347 g/mol. The van der Waals surface area contributed by atoms with Crippen LogP contribution in [0, 0.1) is 0 Å². The van der Waals surface area contributed by atoms with Crippen LogP contribution in [0.2, 0.25) is 0 Å². The zero-order chi connectivity index (χ0) is 18.8. The van der Waals surface area contributed by atoms with Crippen LogP contribution in [0.1, 0.15) is 13.8 Å². The van der Waals surface area contributed by atoms with Crippen molar-refractivity contribution in [3.63, 3.8) is 0 Å². The van der Waals surface area contributed by atoms with E-state index >= 15 is 0 Å². The van der Waals surface area contributed by atoms with Crippen molar-refractivity contribution in [1.82, 2.24) is 9.96 Å². The van der Waals surface area contributed by atoms with Gasteiger partial charge in [-0.25, -0.2) is 4.79 Å². The summed E-state index contributed by atoms with van der Waals surface area (Å²) in [5.74, 6) is -0.632. The monoisotopic (exact) mass is 347 g/mol. The van der Waals surface area contributed by atoms with Crippen LogP contribution in [0.15, 0.2) is 40.6 Å². The molecule has 0 fully saturated rings. The molecule has 0 spiro atoms. The van der Waals surface area contributed by atoms with Crippen LogP contribution in [0.4, 0.5) is 10.5 Å². The summed E-state index contributed by atoms with van der Waals surface area (Å²) in [5.41, 5.74) is -1.10. The van der Waals surface area contributed by atoms with Gasteiger partial charge >= 0.3 is 6.03 Å². The van der Waals surface area contributed by atoms with Crippen molar-refractivity contribution in [2.24, 2.45) is 10.3 Å². The number of para-hydroxylation sites is 1. The molecule has 1 aromatic carbocycles. The van der Waals surface area contributed by atoms with Crippen LogP contribution in [0.3, 0.4) is 0 Å². The van der Waals surface area contributed by atoms with E-state index in [2.05, 4.69) is 10.3 Å². The van der Waals surface area contributed by atoms with E-state index < -0.39 is 17.5 Å². The van der Waals surface area contributed by atoms with Crippen LogP contribution in [0.25, 0.3) is 0 Å². The lowest BCUT2D eigenvalue weighted by Crippen LogP contribution is -2.65. The van der Waals surface area contributed by atoms with Gasteiger partial charge in [0.2, 0.25) is 5.54 Å². The van der Waals surface area contributed by atoms with Crippen LogP contribution in [-0.4, -0.2) is 65.3 Å². The second kappa shape index (κ2) is 6.89. The third-order valence-corrected chi connectivity index (χ3v) is 3.91. The maximum absolute atomic E-state index is 13.2. The molecule has 0 aliphatic carbocycles. The number of nitrogens with zero attached hydrogens (tertiary/aromatic N) is 5. The highest BCUT2D eigenvalue weighted by atomic mass is 16.6. The molecule has 0 radical (unpaired) electrons. The number of carbonyl (C=O) groups excluding carboxylic acids is 2. The van der Waals surface area contributed by atoms with Gasteiger partial charge in [0.05, 0.1) is 17.1 Å². The van der Waals surface area contributed by atoms with Gasteiger partial charge in [-0.1, -0.05) is 23.4 Å². The Bertz CT molecular complexity index is 731. The Morgan fingerprint density at radius 2 is 1.92 bits per heavy atom. The number of oxime groups is 1. The first-order chi connectivity index (χ1) is 11.8. The number of anilines is 1. The molecule has 1 unspecified atom stereocenters. The molecule has 1 N–H and O–H groups in total. The van der Waals surface area contributed by atoms with E-state index in [0.29, 0.717) is 10.8 Å². The molecule has 9 heteroatoms. The molecule has 25 heavy (non-hydrogen) atoms. The predicted octanol–water partition coefficient (Wildman–Crippen LogP) is 1.54. The summed E-state index contributed by atoms with van der Waals surface area (Å²) in [6.07, 6.45) is 0. The summed E-state index contributed by atoms with van der Waals surface area (Å²) in [6.45, 7) is 3.03. The zero-order valence-corrected chi connectivity index (χ0v) is 14.8. The molecule has 0 bridgehead atoms. The number of hydroxylamine groups is 2. The highest BCUT2D eigenvalue weighted by Gasteiger charge is 2.59. The molecule has 1 aliphatic rings. The summed E-state index contributed by atoms with van der Waals surface area (Å²) in [7, 11) is 4.24. The molecule has 2 rings (SSSR count). The van der Waals surface area contributed by atoms with Crippen LogP contribution < -0.4 is 5.01 Å². The minimum atomic E-state index is -1.88. The summed E-state index contributed by atoms with van der Waals surface area (Å²) in [6, 6.07) is 7.92. The minimum absolute atomic E-state index is 0.0809. The molecule has 1 heterocycles. The first kappa shape index (κ1) is 18.4. The van der Waals surface area contributed by atoms with Crippen LogP contribution >= 0.6 is 0 Å². The summed E-state index contributed by atoms with van der Waals surface area (Å²) in [5, 5.41) is 20.1. The van der Waals surface area contributed by atoms with Gasteiger partial charge in [0.1, 0.15) is 7.11 Å². The van der Waals surface area contributed by atoms with E-state index in [-0.39, 0.29) is 11.4 Å². The van der Waals surface area contributed by atoms with Crippen molar-refractivity contribution < 1.29 is 19.6 Å². The maximum Gasteiger partial charge on any atom is 0.345 e. The normalized spacial score (nSPS) is 20.4. The maximum atomic E-state index is 13.2. The Kier molecular flexibility index (Phi) is 5.07. The number of rotatable bonds is 4. The van der Waals surface area contributed by atoms with Crippen molar-refractivity contribution in [3.8, 4) is 0 Å². The second-order valence-electron chi connectivity index (χ2n) is 5.70. The molecule has 0 saturated heterocycles. The summed E-state index contributed by atoms with van der Waals surface area (Å²) >= 11 is 0. The Morgan fingerprint density at radius 3 is 2.44 bits per heavy atom. The smallest absolute Gasteiger partial charge is 0.345 e. The number of hydrazone groups is 1. The van der Waals surface area contributed by atoms with Gasteiger partial charge < -0.3 is 9.74 Å². The third-order valence-electron chi connectivity index (χ3n) is 3.91. The fraction of sp³-hybridized carbons (Fsp3) is 0.375. The van der Waals surface area contributed by atoms with Gasteiger partial charge in [-0.15, -0.1) is 0 Å². The van der Waals surface area contributed by atoms with E-state index in [1.54, 1.807) is 37.3 Å². The Balaban J connectivity index is 2.61. The topological polar surface area (TPSA) is 98.0 Å². The molecule has 1 atom stereocenters. The lowest BCUT2D eigenvalue weighted by Gasteiger charge is -2.35. The molecular formula is C16H21N5O4.